The zero-order chi connectivity index (χ0) is 15.3. The molecule has 0 saturated carbocycles. The number of aryl methyl sites for hydroxylation is 1. The van der Waals surface area contributed by atoms with E-state index < -0.39 is 0 Å². The number of hydrogen-bond acceptors (Lipinski definition) is 4. The third kappa shape index (κ3) is 4.43. The highest BCUT2D eigenvalue weighted by Crippen LogP contribution is 2.18. The molecule has 1 atom stereocenters. The summed E-state index contributed by atoms with van der Waals surface area (Å²) in [6, 6.07) is 8.72. The number of aliphatic hydroxyl groups is 1. The standard InChI is InChI=1S/C17H29N3O/c1-4-18-17(3,14-21)13-19-8-10-20(11-9-19)16-7-5-6-15(2)12-16/h5-7,12,18,21H,4,8-11,13-14H2,1-3H3. The number of benzene rings is 1. The molecular formula is C17H29N3O. The maximum absolute atomic E-state index is 9.61. The van der Waals surface area contributed by atoms with Gasteiger partial charge < -0.3 is 15.3 Å². The van der Waals surface area contributed by atoms with E-state index in [1.165, 1.54) is 11.3 Å². The van der Waals surface area contributed by atoms with Crippen LogP contribution in [0.5, 0.6) is 0 Å². The summed E-state index contributed by atoms with van der Waals surface area (Å²) in [5.74, 6) is 0. The van der Waals surface area contributed by atoms with E-state index in [1.54, 1.807) is 0 Å². The number of anilines is 1. The van der Waals surface area contributed by atoms with Crippen molar-refractivity contribution >= 4 is 5.69 Å². The normalized spacial score (nSPS) is 19.5. The van der Waals surface area contributed by atoms with Gasteiger partial charge in [-0.25, -0.2) is 0 Å². The Bertz CT molecular complexity index is 443. The third-order valence-corrected chi connectivity index (χ3v) is 4.26. The number of hydrogen-bond donors (Lipinski definition) is 2. The highest BCUT2D eigenvalue weighted by Gasteiger charge is 2.27. The monoisotopic (exact) mass is 291 g/mol. The minimum atomic E-state index is -0.194. The van der Waals surface area contributed by atoms with Gasteiger partial charge in [0.1, 0.15) is 0 Å². The number of rotatable bonds is 6. The second kappa shape index (κ2) is 7.25. The first-order chi connectivity index (χ1) is 10.1. The van der Waals surface area contributed by atoms with Crippen LogP contribution >= 0.6 is 0 Å². The highest BCUT2D eigenvalue weighted by atomic mass is 16.3. The second-order valence-electron chi connectivity index (χ2n) is 6.35. The maximum atomic E-state index is 9.61. The topological polar surface area (TPSA) is 38.7 Å². The van der Waals surface area contributed by atoms with Crippen molar-refractivity contribution in [3.63, 3.8) is 0 Å². The van der Waals surface area contributed by atoms with Crippen molar-refractivity contribution in [1.29, 1.82) is 0 Å². The minimum Gasteiger partial charge on any atom is -0.394 e. The van der Waals surface area contributed by atoms with Gasteiger partial charge in [0.05, 0.1) is 12.1 Å². The lowest BCUT2D eigenvalue weighted by Crippen LogP contribution is -2.57. The fourth-order valence-corrected chi connectivity index (χ4v) is 3.07. The molecule has 0 bridgehead atoms. The van der Waals surface area contributed by atoms with E-state index in [-0.39, 0.29) is 12.1 Å². The lowest BCUT2D eigenvalue weighted by atomic mass is 10.0. The molecule has 2 N–H and O–H groups in total. The van der Waals surface area contributed by atoms with Gasteiger partial charge in [-0.2, -0.15) is 0 Å². The molecule has 1 fully saturated rings. The Morgan fingerprint density at radius 1 is 1.24 bits per heavy atom. The van der Waals surface area contributed by atoms with Crippen molar-refractivity contribution in [3.8, 4) is 0 Å². The molecular weight excluding hydrogens is 262 g/mol. The van der Waals surface area contributed by atoms with Gasteiger partial charge >= 0.3 is 0 Å². The zero-order valence-corrected chi connectivity index (χ0v) is 13.6. The smallest absolute Gasteiger partial charge is 0.0623 e. The van der Waals surface area contributed by atoms with Crippen LogP contribution < -0.4 is 10.2 Å². The van der Waals surface area contributed by atoms with E-state index in [1.807, 2.05) is 0 Å². The van der Waals surface area contributed by atoms with Crippen molar-refractivity contribution in [2.45, 2.75) is 26.3 Å². The molecule has 1 aliphatic heterocycles. The van der Waals surface area contributed by atoms with E-state index in [9.17, 15) is 5.11 Å². The molecule has 0 aromatic heterocycles. The summed E-state index contributed by atoms with van der Waals surface area (Å²) < 4.78 is 0. The van der Waals surface area contributed by atoms with Gasteiger partial charge in [0.15, 0.2) is 0 Å². The Hall–Kier alpha value is -1.10. The van der Waals surface area contributed by atoms with Crippen LogP contribution in [-0.2, 0) is 0 Å². The van der Waals surface area contributed by atoms with Crippen LogP contribution in [0.1, 0.15) is 19.4 Å². The summed E-state index contributed by atoms with van der Waals surface area (Å²) >= 11 is 0. The minimum absolute atomic E-state index is 0.179. The summed E-state index contributed by atoms with van der Waals surface area (Å²) in [7, 11) is 0. The molecule has 0 amide bonds. The first-order valence-corrected chi connectivity index (χ1v) is 7.96. The molecule has 1 aliphatic rings. The van der Waals surface area contributed by atoms with E-state index in [0.717, 1.165) is 39.3 Å². The Kier molecular flexibility index (Phi) is 5.62. The van der Waals surface area contributed by atoms with Gasteiger partial charge in [-0.3, -0.25) is 4.90 Å². The van der Waals surface area contributed by atoms with Gasteiger partial charge in [-0.05, 0) is 38.1 Å². The second-order valence-corrected chi connectivity index (χ2v) is 6.35. The third-order valence-electron chi connectivity index (χ3n) is 4.26. The molecule has 1 unspecified atom stereocenters. The van der Waals surface area contributed by atoms with Crippen LogP contribution in [0.15, 0.2) is 24.3 Å². The summed E-state index contributed by atoms with van der Waals surface area (Å²) in [4.78, 5) is 4.90. The molecule has 118 valence electrons. The largest absolute Gasteiger partial charge is 0.394 e. The lowest BCUT2D eigenvalue weighted by molar-refractivity contribution is 0.118. The van der Waals surface area contributed by atoms with E-state index >= 15 is 0 Å². The van der Waals surface area contributed by atoms with Crippen molar-refractivity contribution in [2.75, 3.05) is 50.8 Å². The number of aliphatic hydroxyl groups excluding tert-OH is 1. The molecule has 4 nitrogen and oxygen atoms in total. The molecule has 1 heterocycles. The number of nitrogens with one attached hydrogen (secondary N) is 1. The van der Waals surface area contributed by atoms with Crippen LogP contribution in [0.3, 0.4) is 0 Å². The quantitative estimate of drug-likeness (QED) is 0.833. The molecule has 21 heavy (non-hydrogen) atoms. The van der Waals surface area contributed by atoms with Gasteiger partial charge in [-0.1, -0.05) is 19.1 Å². The Balaban J connectivity index is 1.88. The molecule has 1 aromatic rings. The van der Waals surface area contributed by atoms with Gasteiger partial charge in [0.2, 0.25) is 0 Å². The number of piperazine rings is 1. The van der Waals surface area contributed by atoms with Crippen LogP contribution in [0.4, 0.5) is 5.69 Å². The summed E-state index contributed by atoms with van der Waals surface area (Å²) in [5, 5.41) is 13.0. The summed E-state index contributed by atoms with van der Waals surface area (Å²) in [6.07, 6.45) is 0. The van der Waals surface area contributed by atoms with Crippen LogP contribution in [0.25, 0.3) is 0 Å². The number of nitrogens with zero attached hydrogens (tertiary/aromatic N) is 2. The van der Waals surface area contributed by atoms with Crippen LogP contribution in [0, 0.1) is 6.92 Å². The lowest BCUT2D eigenvalue weighted by Gasteiger charge is -2.40. The Morgan fingerprint density at radius 2 is 1.95 bits per heavy atom. The Labute approximate surface area is 128 Å². The maximum Gasteiger partial charge on any atom is 0.0623 e. The van der Waals surface area contributed by atoms with Gasteiger partial charge in [0, 0.05) is 38.4 Å². The van der Waals surface area contributed by atoms with Crippen LogP contribution in [0.2, 0.25) is 0 Å². The predicted molar refractivity (Wildman–Crippen MR) is 89.0 cm³/mol. The van der Waals surface area contributed by atoms with Crippen molar-refractivity contribution < 1.29 is 5.11 Å². The average molecular weight is 291 g/mol. The average Bonchev–Trinajstić information content (AvgIpc) is 2.48. The van der Waals surface area contributed by atoms with Crippen molar-refractivity contribution in [3.05, 3.63) is 29.8 Å². The van der Waals surface area contributed by atoms with Crippen molar-refractivity contribution in [1.82, 2.24) is 10.2 Å². The SMILES string of the molecule is CCNC(C)(CO)CN1CCN(c2cccc(C)c2)CC1. The fourth-order valence-electron chi connectivity index (χ4n) is 3.07. The summed E-state index contributed by atoms with van der Waals surface area (Å²) in [6.45, 7) is 12.5. The van der Waals surface area contributed by atoms with Crippen molar-refractivity contribution in [2.24, 2.45) is 0 Å². The first kappa shape index (κ1) is 16.3. The van der Waals surface area contributed by atoms with E-state index in [0.29, 0.717) is 0 Å². The summed E-state index contributed by atoms with van der Waals surface area (Å²) in [5.41, 5.74) is 2.45. The fraction of sp³-hybridized carbons (Fsp3) is 0.647. The Morgan fingerprint density at radius 3 is 2.52 bits per heavy atom. The molecule has 4 heteroatoms. The first-order valence-electron chi connectivity index (χ1n) is 7.96. The highest BCUT2D eigenvalue weighted by molar-refractivity contribution is 5.48. The van der Waals surface area contributed by atoms with Gasteiger partial charge in [0.25, 0.3) is 0 Å². The molecule has 1 saturated heterocycles. The predicted octanol–water partition coefficient (Wildman–Crippen LogP) is 1.48. The van der Waals surface area contributed by atoms with Gasteiger partial charge in [-0.15, -0.1) is 0 Å². The van der Waals surface area contributed by atoms with E-state index in [2.05, 4.69) is 60.2 Å². The van der Waals surface area contributed by atoms with Crippen LogP contribution in [-0.4, -0.2) is 61.4 Å². The molecule has 1 aromatic carbocycles. The molecule has 0 radical (unpaired) electrons. The molecule has 0 aliphatic carbocycles. The zero-order valence-electron chi connectivity index (χ0n) is 13.6. The molecule has 0 spiro atoms. The molecule has 2 rings (SSSR count). The van der Waals surface area contributed by atoms with E-state index in [4.69, 9.17) is 0 Å². The number of likely N-dealkylation sites (N-methyl/N-ethyl adjacent to an activating group) is 1.